The maximum Gasteiger partial charge on any atom is 0.343 e. The van der Waals surface area contributed by atoms with E-state index in [2.05, 4.69) is 6.92 Å². The molecule has 0 aliphatic heterocycles. The van der Waals surface area contributed by atoms with Crippen molar-refractivity contribution in [2.75, 3.05) is 6.61 Å². The van der Waals surface area contributed by atoms with E-state index in [0.29, 0.717) is 34.6 Å². The third-order valence-corrected chi connectivity index (χ3v) is 5.89. The van der Waals surface area contributed by atoms with Crippen LogP contribution in [-0.4, -0.2) is 12.6 Å². The van der Waals surface area contributed by atoms with E-state index in [9.17, 15) is 9.59 Å². The van der Waals surface area contributed by atoms with Gasteiger partial charge in [-0.25, -0.2) is 4.79 Å². The third-order valence-electron chi connectivity index (χ3n) is 5.89. The van der Waals surface area contributed by atoms with Gasteiger partial charge in [-0.05, 0) is 55.8 Å². The van der Waals surface area contributed by atoms with Crippen molar-refractivity contribution in [2.45, 2.75) is 78.1 Å². The zero-order valence-corrected chi connectivity index (χ0v) is 20.4. The summed E-state index contributed by atoms with van der Waals surface area (Å²) in [6.07, 6.45) is 12.9. The van der Waals surface area contributed by atoms with Gasteiger partial charge in [-0.15, -0.1) is 0 Å². The molecule has 0 aliphatic rings. The molecule has 2 aromatic carbocycles. The number of benzene rings is 2. The van der Waals surface area contributed by atoms with Crippen LogP contribution in [0.4, 0.5) is 0 Å². The van der Waals surface area contributed by atoms with Crippen molar-refractivity contribution in [2.24, 2.45) is 0 Å². The van der Waals surface area contributed by atoms with Gasteiger partial charge in [0.05, 0.1) is 17.6 Å². The molecule has 3 rings (SSSR count). The van der Waals surface area contributed by atoms with Crippen molar-refractivity contribution < 1.29 is 18.7 Å². The molecule has 182 valence electrons. The first-order valence-corrected chi connectivity index (χ1v) is 12.6. The third kappa shape index (κ3) is 8.05. The van der Waals surface area contributed by atoms with E-state index in [0.717, 1.165) is 12.2 Å². The zero-order valence-electron chi connectivity index (χ0n) is 20.4. The second kappa shape index (κ2) is 13.6. The van der Waals surface area contributed by atoms with E-state index in [1.807, 2.05) is 0 Å². The number of ether oxygens (including phenoxy) is 2. The van der Waals surface area contributed by atoms with Crippen molar-refractivity contribution in [3.8, 4) is 11.5 Å². The first kappa shape index (κ1) is 25.5. The van der Waals surface area contributed by atoms with Gasteiger partial charge in [0.1, 0.15) is 22.8 Å². The molecule has 0 fully saturated rings. The van der Waals surface area contributed by atoms with Crippen LogP contribution in [0.15, 0.2) is 57.7 Å². The Balaban J connectivity index is 1.37. The van der Waals surface area contributed by atoms with Crippen LogP contribution < -0.4 is 14.9 Å². The molecule has 0 amide bonds. The highest BCUT2D eigenvalue weighted by Gasteiger charge is 2.11. The SMILES string of the molecule is CCCCCCCCCCCCOc1ccc(C(=O)Oc2ccc3oc(C)cc(=O)c3c2)cc1. The first-order valence-electron chi connectivity index (χ1n) is 12.6. The Bertz CT molecular complexity index is 1100. The maximum atomic E-state index is 12.5. The molecule has 0 aliphatic carbocycles. The molecule has 1 heterocycles. The quantitative estimate of drug-likeness (QED) is 0.139. The minimum atomic E-state index is -0.489. The number of carbonyl (C=O) groups excluding carboxylic acids is 1. The van der Waals surface area contributed by atoms with Crippen LogP contribution in [0.25, 0.3) is 11.0 Å². The molecular formula is C29H36O5. The van der Waals surface area contributed by atoms with Crippen LogP contribution in [0.3, 0.4) is 0 Å². The van der Waals surface area contributed by atoms with Gasteiger partial charge >= 0.3 is 5.97 Å². The summed E-state index contributed by atoms with van der Waals surface area (Å²) in [5, 5.41) is 0.381. The summed E-state index contributed by atoms with van der Waals surface area (Å²) in [4.78, 5) is 24.6. The maximum absolute atomic E-state index is 12.5. The molecule has 1 aromatic heterocycles. The van der Waals surface area contributed by atoms with Gasteiger partial charge in [-0.3, -0.25) is 4.79 Å². The summed E-state index contributed by atoms with van der Waals surface area (Å²) >= 11 is 0. The topological polar surface area (TPSA) is 65.7 Å². The Morgan fingerprint density at radius 2 is 1.41 bits per heavy atom. The fraction of sp³-hybridized carbons (Fsp3) is 0.448. The number of rotatable bonds is 14. The van der Waals surface area contributed by atoms with Crippen LogP contribution in [0.5, 0.6) is 11.5 Å². The molecule has 0 radical (unpaired) electrons. The second-order valence-electron chi connectivity index (χ2n) is 8.82. The number of esters is 1. The summed E-state index contributed by atoms with van der Waals surface area (Å²) in [7, 11) is 0. The van der Waals surface area contributed by atoms with Gasteiger partial charge in [0.15, 0.2) is 5.43 Å². The van der Waals surface area contributed by atoms with Gasteiger partial charge in [0.2, 0.25) is 0 Å². The summed E-state index contributed by atoms with van der Waals surface area (Å²) in [6.45, 7) is 4.65. The Morgan fingerprint density at radius 1 is 0.794 bits per heavy atom. The zero-order chi connectivity index (χ0) is 24.2. The van der Waals surface area contributed by atoms with Gasteiger partial charge in [0, 0.05) is 6.07 Å². The number of unbranched alkanes of at least 4 members (excludes halogenated alkanes) is 9. The number of hydrogen-bond donors (Lipinski definition) is 0. The number of hydrogen-bond acceptors (Lipinski definition) is 5. The lowest BCUT2D eigenvalue weighted by atomic mass is 10.1. The van der Waals surface area contributed by atoms with Crippen LogP contribution in [-0.2, 0) is 0 Å². The smallest absolute Gasteiger partial charge is 0.343 e. The lowest BCUT2D eigenvalue weighted by molar-refractivity contribution is 0.0735. The molecule has 0 atom stereocenters. The van der Waals surface area contributed by atoms with E-state index in [1.54, 1.807) is 43.3 Å². The van der Waals surface area contributed by atoms with E-state index in [4.69, 9.17) is 13.9 Å². The monoisotopic (exact) mass is 464 g/mol. The Hall–Kier alpha value is -3.08. The average Bonchev–Trinajstić information content (AvgIpc) is 2.83. The van der Waals surface area contributed by atoms with Crippen molar-refractivity contribution in [3.05, 3.63) is 70.1 Å². The van der Waals surface area contributed by atoms with Crippen molar-refractivity contribution in [3.63, 3.8) is 0 Å². The highest BCUT2D eigenvalue weighted by Crippen LogP contribution is 2.21. The molecule has 0 saturated heterocycles. The lowest BCUT2D eigenvalue weighted by Crippen LogP contribution is -2.09. The predicted octanol–water partition coefficient (Wildman–Crippen LogP) is 7.62. The van der Waals surface area contributed by atoms with E-state index in [1.165, 1.54) is 69.9 Å². The van der Waals surface area contributed by atoms with Gasteiger partial charge in [-0.1, -0.05) is 64.7 Å². The second-order valence-corrected chi connectivity index (χ2v) is 8.82. The van der Waals surface area contributed by atoms with Crippen molar-refractivity contribution in [1.82, 2.24) is 0 Å². The summed E-state index contributed by atoms with van der Waals surface area (Å²) in [5.41, 5.74) is 0.719. The van der Waals surface area contributed by atoms with Crippen LogP contribution in [0.2, 0.25) is 0 Å². The number of carbonyl (C=O) groups is 1. The van der Waals surface area contributed by atoms with E-state index < -0.39 is 5.97 Å². The fourth-order valence-electron chi connectivity index (χ4n) is 3.95. The number of fused-ring (bicyclic) bond motifs is 1. The van der Waals surface area contributed by atoms with Gasteiger partial charge < -0.3 is 13.9 Å². The number of aryl methyl sites for hydroxylation is 1. The Kier molecular flexibility index (Phi) is 10.2. The molecule has 5 nitrogen and oxygen atoms in total. The summed E-state index contributed by atoms with van der Waals surface area (Å²) in [6, 6.07) is 13.1. The molecule has 0 spiro atoms. The first-order chi connectivity index (χ1) is 16.6. The fourth-order valence-corrected chi connectivity index (χ4v) is 3.95. The highest BCUT2D eigenvalue weighted by molar-refractivity contribution is 5.91. The molecule has 5 heteroatoms. The van der Waals surface area contributed by atoms with Gasteiger partial charge in [-0.2, -0.15) is 0 Å². The normalized spacial score (nSPS) is 11.0. The van der Waals surface area contributed by atoms with Crippen LogP contribution >= 0.6 is 0 Å². The average molecular weight is 465 g/mol. The summed E-state index contributed by atoms with van der Waals surface area (Å²) < 4.78 is 16.8. The summed E-state index contributed by atoms with van der Waals surface area (Å²) in [5.74, 6) is 1.09. The standard InChI is InChI=1S/C29H36O5/c1-3-4-5-6-7-8-9-10-11-12-19-32-24-15-13-23(14-16-24)29(31)34-25-17-18-28-26(21-25)27(30)20-22(2)33-28/h13-18,20-21H,3-12,19H2,1-2H3. The Morgan fingerprint density at radius 3 is 2.09 bits per heavy atom. The molecule has 0 N–H and O–H groups in total. The van der Waals surface area contributed by atoms with Crippen LogP contribution in [0, 0.1) is 6.92 Å². The molecule has 0 saturated carbocycles. The van der Waals surface area contributed by atoms with Crippen molar-refractivity contribution >= 4 is 16.9 Å². The highest BCUT2D eigenvalue weighted by atomic mass is 16.5. The minimum Gasteiger partial charge on any atom is -0.494 e. The van der Waals surface area contributed by atoms with Gasteiger partial charge in [0.25, 0.3) is 0 Å². The molecular weight excluding hydrogens is 428 g/mol. The lowest BCUT2D eigenvalue weighted by Gasteiger charge is -2.08. The van der Waals surface area contributed by atoms with E-state index in [-0.39, 0.29) is 5.43 Å². The molecule has 0 unspecified atom stereocenters. The predicted molar refractivity (Wildman–Crippen MR) is 136 cm³/mol. The molecule has 3 aromatic rings. The Labute approximate surface area is 202 Å². The minimum absolute atomic E-state index is 0.166. The molecule has 0 bridgehead atoms. The van der Waals surface area contributed by atoms with Crippen LogP contribution in [0.1, 0.15) is 87.3 Å². The largest absolute Gasteiger partial charge is 0.494 e. The van der Waals surface area contributed by atoms with Crippen molar-refractivity contribution in [1.29, 1.82) is 0 Å². The molecule has 34 heavy (non-hydrogen) atoms. The van der Waals surface area contributed by atoms with E-state index >= 15 is 0 Å².